The number of thiophene rings is 1. The molecule has 2 saturated carbocycles. The molecule has 4 rings (SSSR count). The van der Waals surface area contributed by atoms with Gasteiger partial charge in [-0.2, -0.15) is 0 Å². The molecule has 3 aliphatic rings. The molecule has 0 aliphatic heterocycles. The third-order valence-electron chi connectivity index (χ3n) is 6.03. The van der Waals surface area contributed by atoms with E-state index in [1.54, 1.807) is 11.3 Å². The Morgan fingerprint density at radius 2 is 1.96 bits per heavy atom. The van der Waals surface area contributed by atoms with Crippen molar-refractivity contribution in [1.82, 2.24) is 0 Å². The van der Waals surface area contributed by atoms with Crippen LogP contribution in [-0.2, 0) is 22.4 Å². The fourth-order valence-electron chi connectivity index (χ4n) is 4.91. The van der Waals surface area contributed by atoms with Gasteiger partial charge in [0.05, 0.1) is 11.7 Å². The summed E-state index contributed by atoms with van der Waals surface area (Å²) in [4.78, 5) is 26.8. The van der Waals surface area contributed by atoms with E-state index >= 15 is 0 Å². The second-order valence-electron chi connectivity index (χ2n) is 8.14. The second kappa shape index (κ2) is 6.75. The topological polar surface area (TPSA) is 55.4 Å². The molecule has 2 bridgehead atoms. The van der Waals surface area contributed by atoms with Gasteiger partial charge in [0.1, 0.15) is 5.00 Å². The molecule has 5 heteroatoms. The first-order valence-corrected chi connectivity index (χ1v) is 10.5. The lowest BCUT2D eigenvalue weighted by molar-refractivity contribution is -0.121. The fraction of sp³-hybridized carbons (Fsp3) is 0.700. The number of fused-ring (bicyclic) bond motifs is 3. The first kappa shape index (κ1) is 17.1. The maximum Gasteiger partial charge on any atom is 0.341 e. The standard InChI is InChI=1S/C20H27NO3S/c1-11(2)24-20(23)17-14-5-3-4-6-16(14)25-19(17)21-18(22)15-10-12-7-8-13(15)9-12/h11-13,15H,3-10H2,1-2H3,(H,21,22)/t12-,13-,15+/m1/s1. The predicted molar refractivity (Wildman–Crippen MR) is 99.1 cm³/mol. The highest BCUT2D eigenvalue weighted by molar-refractivity contribution is 7.17. The molecule has 1 N–H and O–H groups in total. The van der Waals surface area contributed by atoms with Gasteiger partial charge in [0.15, 0.2) is 0 Å². The number of ether oxygens (including phenoxy) is 1. The van der Waals surface area contributed by atoms with E-state index in [9.17, 15) is 9.59 Å². The maximum atomic E-state index is 12.9. The van der Waals surface area contributed by atoms with Gasteiger partial charge in [0.25, 0.3) is 0 Å². The largest absolute Gasteiger partial charge is 0.459 e. The zero-order valence-electron chi connectivity index (χ0n) is 15.1. The quantitative estimate of drug-likeness (QED) is 0.800. The van der Waals surface area contributed by atoms with Crippen molar-refractivity contribution in [2.24, 2.45) is 17.8 Å². The summed E-state index contributed by atoms with van der Waals surface area (Å²) in [5.41, 5.74) is 1.75. The van der Waals surface area contributed by atoms with Crippen molar-refractivity contribution in [1.29, 1.82) is 0 Å². The van der Waals surface area contributed by atoms with Crippen LogP contribution >= 0.6 is 11.3 Å². The Kier molecular flexibility index (Phi) is 4.61. The van der Waals surface area contributed by atoms with Gasteiger partial charge in [-0.25, -0.2) is 4.79 Å². The molecule has 25 heavy (non-hydrogen) atoms. The molecule has 1 aromatic heterocycles. The fourth-order valence-corrected chi connectivity index (χ4v) is 6.19. The summed E-state index contributed by atoms with van der Waals surface area (Å²) in [6, 6.07) is 0. The van der Waals surface area contributed by atoms with Crippen molar-refractivity contribution in [3.8, 4) is 0 Å². The minimum atomic E-state index is -0.280. The number of nitrogens with one attached hydrogen (secondary N) is 1. The molecule has 0 unspecified atom stereocenters. The van der Waals surface area contributed by atoms with Crippen LogP contribution in [0.5, 0.6) is 0 Å². The number of hydrogen-bond donors (Lipinski definition) is 1. The molecular weight excluding hydrogens is 334 g/mol. The maximum absolute atomic E-state index is 12.9. The molecule has 3 atom stereocenters. The van der Waals surface area contributed by atoms with E-state index in [4.69, 9.17) is 4.74 Å². The summed E-state index contributed by atoms with van der Waals surface area (Å²) in [6.07, 6.45) is 8.73. The molecule has 4 nitrogen and oxygen atoms in total. The Balaban J connectivity index is 1.58. The van der Waals surface area contributed by atoms with Crippen molar-refractivity contribution in [3.63, 3.8) is 0 Å². The summed E-state index contributed by atoms with van der Waals surface area (Å²) in [7, 11) is 0. The molecule has 0 spiro atoms. The van der Waals surface area contributed by atoms with Crippen LogP contribution in [0.1, 0.15) is 73.2 Å². The first-order valence-electron chi connectivity index (χ1n) is 9.69. The van der Waals surface area contributed by atoms with E-state index in [1.165, 1.54) is 24.1 Å². The van der Waals surface area contributed by atoms with Crippen LogP contribution in [0.4, 0.5) is 5.00 Å². The van der Waals surface area contributed by atoms with Gasteiger partial charge in [-0.3, -0.25) is 4.79 Å². The van der Waals surface area contributed by atoms with Crippen molar-refractivity contribution < 1.29 is 14.3 Å². The Labute approximate surface area is 153 Å². The van der Waals surface area contributed by atoms with Crippen LogP contribution in [-0.4, -0.2) is 18.0 Å². The molecule has 0 aromatic carbocycles. The van der Waals surface area contributed by atoms with Crippen LogP contribution < -0.4 is 5.32 Å². The summed E-state index contributed by atoms with van der Waals surface area (Å²) < 4.78 is 5.47. The minimum absolute atomic E-state index is 0.115. The van der Waals surface area contributed by atoms with Gasteiger partial charge in [-0.15, -0.1) is 11.3 Å². The molecule has 0 radical (unpaired) electrons. The smallest absolute Gasteiger partial charge is 0.341 e. The highest BCUT2D eigenvalue weighted by Crippen LogP contribution is 2.49. The third kappa shape index (κ3) is 3.23. The van der Waals surface area contributed by atoms with Crippen LogP contribution in [0.2, 0.25) is 0 Å². The van der Waals surface area contributed by atoms with Gasteiger partial charge in [0.2, 0.25) is 5.91 Å². The van der Waals surface area contributed by atoms with Crippen LogP contribution in [0, 0.1) is 17.8 Å². The van der Waals surface area contributed by atoms with Crippen LogP contribution in [0.3, 0.4) is 0 Å². The highest BCUT2D eigenvalue weighted by atomic mass is 32.1. The number of carbonyl (C=O) groups is 2. The average Bonchev–Trinajstić information content (AvgIpc) is 3.27. The molecule has 3 aliphatic carbocycles. The number of carbonyl (C=O) groups excluding carboxylic acids is 2. The molecule has 0 saturated heterocycles. The normalized spacial score (nSPS) is 27.4. The Bertz CT molecular complexity index is 693. The SMILES string of the molecule is CC(C)OC(=O)c1c(NC(=O)[C@H]2C[C@@H]3CC[C@@H]2C3)sc2c1CCCC2. The van der Waals surface area contributed by atoms with Crippen molar-refractivity contribution in [2.75, 3.05) is 5.32 Å². The monoisotopic (exact) mass is 361 g/mol. The number of rotatable bonds is 4. The van der Waals surface area contributed by atoms with E-state index in [0.717, 1.165) is 48.6 Å². The molecule has 136 valence electrons. The lowest BCUT2D eigenvalue weighted by Gasteiger charge is -2.20. The lowest BCUT2D eigenvalue weighted by atomic mass is 9.88. The first-order chi connectivity index (χ1) is 12.0. The van der Waals surface area contributed by atoms with Crippen LogP contribution in [0.25, 0.3) is 0 Å². The van der Waals surface area contributed by atoms with Crippen molar-refractivity contribution in [2.45, 2.75) is 71.3 Å². The molecule has 1 heterocycles. The van der Waals surface area contributed by atoms with Gasteiger partial charge in [0, 0.05) is 10.8 Å². The highest BCUT2D eigenvalue weighted by Gasteiger charge is 2.43. The summed E-state index contributed by atoms with van der Waals surface area (Å²) in [5.74, 6) is 1.25. The molecule has 2 fully saturated rings. The van der Waals surface area contributed by atoms with E-state index in [0.29, 0.717) is 11.5 Å². The second-order valence-corrected chi connectivity index (χ2v) is 9.24. The number of esters is 1. The van der Waals surface area contributed by atoms with E-state index in [2.05, 4.69) is 5.32 Å². The van der Waals surface area contributed by atoms with Gasteiger partial charge in [-0.1, -0.05) is 6.42 Å². The van der Waals surface area contributed by atoms with Crippen molar-refractivity contribution >= 4 is 28.2 Å². The third-order valence-corrected chi connectivity index (χ3v) is 7.24. The number of aryl methyl sites for hydroxylation is 1. The zero-order chi connectivity index (χ0) is 17.6. The minimum Gasteiger partial charge on any atom is -0.459 e. The zero-order valence-corrected chi connectivity index (χ0v) is 15.9. The average molecular weight is 362 g/mol. The Morgan fingerprint density at radius 1 is 1.16 bits per heavy atom. The van der Waals surface area contributed by atoms with E-state index in [-0.39, 0.29) is 23.9 Å². The molecule has 1 amide bonds. The number of anilines is 1. The van der Waals surface area contributed by atoms with Gasteiger partial charge >= 0.3 is 5.97 Å². The summed E-state index contributed by atoms with van der Waals surface area (Å²) in [5, 5.41) is 3.85. The Morgan fingerprint density at radius 3 is 2.64 bits per heavy atom. The lowest BCUT2D eigenvalue weighted by Crippen LogP contribution is -2.27. The molecular formula is C20H27NO3S. The van der Waals surface area contributed by atoms with Gasteiger partial charge in [-0.05, 0) is 76.2 Å². The van der Waals surface area contributed by atoms with Gasteiger partial charge < -0.3 is 10.1 Å². The van der Waals surface area contributed by atoms with Crippen LogP contribution in [0.15, 0.2) is 0 Å². The Hall–Kier alpha value is -1.36. The summed E-state index contributed by atoms with van der Waals surface area (Å²) in [6.45, 7) is 3.73. The van der Waals surface area contributed by atoms with Crippen molar-refractivity contribution in [3.05, 3.63) is 16.0 Å². The molecule has 1 aromatic rings. The van der Waals surface area contributed by atoms with E-state index in [1.807, 2.05) is 13.8 Å². The number of hydrogen-bond acceptors (Lipinski definition) is 4. The number of amides is 1. The van der Waals surface area contributed by atoms with E-state index < -0.39 is 0 Å². The predicted octanol–water partition coefficient (Wildman–Crippen LogP) is 4.57. The summed E-state index contributed by atoms with van der Waals surface area (Å²) >= 11 is 1.59.